The van der Waals surface area contributed by atoms with Crippen LogP contribution in [0.15, 0.2) is 24.3 Å². The van der Waals surface area contributed by atoms with E-state index in [-0.39, 0.29) is 0 Å². The van der Waals surface area contributed by atoms with Gasteiger partial charge in [0.05, 0.1) is 5.97 Å². The van der Waals surface area contributed by atoms with Crippen LogP contribution in [0.4, 0.5) is 0 Å². The molecule has 94 valence electrons. The first-order valence-corrected chi connectivity index (χ1v) is 6.55. The number of benzene rings is 1. The average molecular weight is 233 g/mol. The summed E-state index contributed by atoms with van der Waals surface area (Å²) < 4.78 is 0. The number of aryl methyl sites for hydroxylation is 1. The van der Waals surface area contributed by atoms with Crippen molar-refractivity contribution in [3.63, 3.8) is 0 Å². The molecule has 2 nitrogen and oxygen atoms in total. The molecule has 1 aromatic rings. The van der Waals surface area contributed by atoms with E-state index in [1.165, 1.54) is 32.1 Å². The number of carbonyl (C=O) groups is 1. The van der Waals surface area contributed by atoms with Crippen LogP contribution in [-0.2, 0) is 6.42 Å². The van der Waals surface area contributed by atoms with E-state index in [4.69, 9.17) is 0 Å². The van der Waals surface area contributed by atoms with Crippen LogP contribution in [0, 0.1) is 0 Å². The van der Waals surface area contributed by atoms with Crippen LogP contribution in [0.5, 0.6) is 0 Å². The average Bonchev–Trinajstić information content (AvgIpc) is 2.34. The number of unbranched alkanes of at least 4 members (excludes halogenated alkanes) is 5. The van der Waals surface area contributed by atoms with Gasteiger partial charge in [-0.3, -0.25) is 0 Å². The van der Waals surface area contributed by atoms with Crippen LogP contribution in [0.2, 0.25) is 0 Å². The maximum Gasteiger partial charge on any atom is 0.0718 e. The van der Waals surface area contributed by atoms with Gasteiger partial charge in [0.1, 0.15) is 0 Å². The Hall–Kier alpha value is -1.31. The summed E-state index contributed by atoms with van der Waals surface area (Å²) in [4.78, 5) is 10.9. The van der Waals surface area contributed by atoms with E-state index in [0.29, 0.717) is 5.56 Å². The Bertz CT molecular complexity index is 345. The number of carbonyl (C=O) groups excluding carboxylic acids is 1. The zero-order chi connectivity index (χ0) is 12.5. The topological polar surface area (TPSA) is 40.1 Å². The van der Waals surface area contributed by atoms with Gasteiger partial charge in [-0.1, -0.05) is 63.3 Å². The Balaban J connectivity index is 2.34. The van der Waals surface area contributed by atoms with E-state index in [0.717, 1.165) is 18.4 Å². The minimum atomic E-state index is -1.06. The van der Waals surface area contributed by atoms with Gasteiger partial charge in [-0.25, -0.2) is 0 Å². The van der Waals surface area contributed by atoms with Gasteiger partial charge in [0.15, 0.2) is 0 Å². The number of carboxylic acids is 1. The van der Waals surface area contributed by atoms with Gasteiger partial charge in [0, 0.05) is 5.56 Å². The third-order valence-corrected chi connectivity index (χ3v) is 3.04. The molecule has 0 aliphatic rings. The molecule has 0 fully saturated rings. The predicted octanol–water partition coefficient (Wildman–Crippen LogP) is 2.95. The van der Waals surface area contributed by atoms with E-state index in [2.05, 4.69) is 6.92 Å². The number of hydrogen-bond acceptors (Lipinski definition) is 2. The fraction of sp³-hybridized carbons (Fsp3) is 0.533. The molecule has 0 N–H and O–H groups in total. The molecule has 0 bridgehead atoms. The molecule has 0 heterocycles. The molecule has 1 aromatic carbocycles. The first kappa shape index (κ1) is 13.8. The maximum absolute atomic E-state index is 10.9. The second-order valence-corrected chi connectivity index (χ2v) is 4.46. The summed E-state index contributed by atoms with van der Waals surface area (Å²) in [5, 5.41) is 10.9. The van der Waals surface area contributed by atoms with Gasteiger partial charge >= 0.3 is 0 Å². The molecule has 0 unspecified atom stereocenters. The summed E-state index contributed by atoms with van der Waals surface area (Å²) in [6.45, 7) is 2.20. The molecule has 0 aromatic heterocycles. The zero-order valence-corrected chi connectivity index (χ0v) is 10.6. The lowest BCUT2D eigenvalue weighted by atomic mass is 10.0. The lowest BCUT2D eigenvalue weighted by Gasteiger charge is -2.09. The Kier molecular flexibility index (Phi) is 6.38. The third kappa shape index (κ3) is 5.03. The molecular formula is C15H21O2-. The van der Waals surface area contributed by atoms with Crippen molar-refractivity contribution in [1.29, 1.82) is 0 Å². The summed E-state index contributed by atoms with van der Waals surface area (Å²) in [5.41, 5.74) is 1.25. The highest BCUT2D eigenvalue weighted by Gasteiger charge is 2.01. The van der Waals surface area contributed by atoms with Crippen LogP contribution in [0.3, 0.4) is 0 Å². The molecule has 0 amide bonds. The summed E-state index contributed by atoms with van der Waals surface area (Å²) in [5.74, 6) is -1.06. The Morgan fingerprint density at radius 1 is 1.06 bits per heavy atom. The minimum Gasteiger partial charge on any atom is -0.545 e. The first-order valence-electron chi connectivity index (χ1n) is 6.55. The van der Waals surface area contributed by atoms with Crippen molar-refractivity contribution in [2.45, 2.75) is 51.9 Å². The van der Waals surface area contributed by atoms with Crippen LogP contribution in [-0.4, -0.2) is 5.97 Å². The standard InChI is InChI=1S/C15H22O2/c1-2-3-4-5-6-7-10-13-11-8-9-12-14(13)15(16)17/h8-9,11-12H,2-7,10H2,1H3,(H,16,17)/p-1. The number of hydrogen-bond donors (Lipinski definition) is 0. The van der Waals surface area contributed by atoms with Crippen molar-refractivity contribution in [1.82, 2.24) is 0 Å². The van der Waals surface area contributed by atoms with Crippen LogP contribution >= 0.6 is 0 Å². The quantitative estimate of drug-likeness (QED) is 0.648. The van der Waals surface area contributed by atoms with Crippen molar-refractivity contribution in [2.24, 2.45) is 0 Å². The predicted molar refractivity (Wildman–Crippen MR) is 67.9 cm³/mol. The van der Waals surface area contributed by atoms with E-state index in [1.807, 2.05) is 12.1 Å². The third-order valence-electron chi connectivity index (χ3n) is 3.04. The van der Waals surface area contributed by atoms with Gasteiger partial charge in [0.25, 0.3) is 0 Å². The molecule has 17 heavy (non-hydrogen) atoms. The summed E-state index contributed by atoms with van der Waals surface area (Å²) in [6, 6.07) is 7.15. The second-order valence-electron chi connectivity index (χ2n) is 4.46. The van der Waals surface area contributed by atoms with Gasteiger partial charge < -0.3 is 9.90 Å². The molecule has 1 rings (SSSR count). The van der Waals surface area contributed by atoms with Crippen molar-refractivity contribution >= 4 is 5.97 Å². The Morgan fingerprint density at radius 3 is 2.41 bits per heavy atom. The van der Waals surface area contributed by atoms with Crippen LogP contribution in [0.1, 0.15) is 61.4 Å². The van der Waals surface area contributed by atoms with Gasteiger partial charge in [-0.15, -0.1) is 0 Å². The van der Waals surface area contributed by atoms with Crippen molar-refractivity contribution in [2.75, 3.05) is 0 Å². The number of aromatic carboxylic acids is 1. The second kappa shape index (κ2) is 7.88. The lowest BCUT2D eigenvalue weighted by Crippen LogP contribution is -2.23. The van der Waals surface area contributed by atoms with Crippen molar-refractivity contribution < 1.29 is 9.90 Å². The first-order chi connectivity index (χ1) is 8.25. The highest BCUT2D eigenvalue weighted by molar-refractivity contribution is 5.87. The highest BCUT2D eigenvalue weighted by Crippen LogP contribution is 2.13. The van der Waals surface area contributed by atoms with Crippen molar-refractivity contribution in [3.05, 3.63) is 35.4 Å². The normalized spacial score (nSPS) is 10.4. The summed E-state index contributed by atoms with van der Waals surface area (Å²) in [7, 11) is 0. The molecule has 2 heteroatoms. The molecule has 0 aliphatic heterocycles. The van der Waals surface area contributed by atoms with Crippen LogP contribution in [0.25, 0.3) is 0 Å². The Morgan fingerprint density at radius 2 is 1.71 bits per heavy atom. The summed E-state index contributed by atoms with van der Waals surface area (Å²) in [6.07, 6.45) is 8.19. The van der Waals surface area contributed by atoms with E-state index >= 15 is 0 Å². The molecule has 0 spiro atoms. The molecule has 0 saturated heterocycles. The van der Waals surface area contributed by atoms with E-state index in [1.54, 1.807) is 12.1 Å². The number of carboxylic acid groups (broad SMARTS) is 1. The van der Waals surface area contributed by atoms with E-state index in [9.17, 15) is 9.90 Å². The maximum atomic E-state index is 10.9. The van der Waals surface area contributed by atoms with E-state index < -0.39 is 5.97 Å². The van der Waals surface area contributed by atoms with Gasteiger partial charge in [0.2, 0.25) is 0 Å². The number of rotatable bonds is 8. The molecule has 0 atom stereocenters. The van der Waals surface area contributed by atoms with Crippen LogP contribution < -0.4 is 5.11 Å². The lowest BCUT2D eigenvalue weighted by molar-refractivity contribution is -0.255. The SMILES string of the molecule is CCCCCCCCc1ccccc1C(=O)[O-]. The zero-order valence-electron chi connectivity index (χ0n) is 10.6. The van der Waals surface area contributed by atoms with Gasteiger partial charge in [-0.2, -0.15) is 0 Å². The molecule has 0 saturated carbocycles. The van der Waals surface area contributed by atoms with Crippen molar-refractivity contribution in [3.8, 4) is 0 Å². The monoisotopic (exact) mass is 233 g/mol. The minimum absolute atomic E-state index is 0.348. The Labute approximate surface area is 104 Å². The smallest absolute Gasteiger partial charge is 0.0718 e. The fourth-order valence-electron chi connectivity index (χ4n) is 2.03. The molecule has 0 radical (unpaired) electrons. The van der Waals surface area contributed by atoms with Gasteiger partial charge in [-0.05, 0) is 18.4 Å². The fourth-order valence-corrected chi connectivity index (χ4v) is 2.03. The molecule has 0 aliphatic carbocycles. The highest BCUT2D eigenvalue weighted by atomic mass is 16.4. The largest absolute Gasteiger partial charge is 0.545 e. The molecular weight excluding hydrogens is 212 g/mol. The summed E-state index contributed by atoms with van der Waals surface area (Å²) >= 11 is 0.